The summed E-state index contributed by atoms with van der Waals surface area (Å²) in [6.07, 6.45) is 1.22. The number of halogens is 1. The first-order chi connectivity index (χ1) is 11.7. The van der Waals surface area contributed by atoms with Gasteiger partial charge in [0.05, 0.1) is 6.54 Å². The average molecular weight is 460 g/mol. The second kappa shape index (κ2) is 10.1. The minimum Gasteiger partial charge on any atom is -0.486 e. The predicted molar refractivity (Wildman–Crippen MR) is 111 cm³/mol. The smallest absolute Gasteiger partial charge is 0.191 e. The standard InChI is InChI=1S/C18H28N4O2.HI/c1-3-19-18(20-10-14-8-9-22(2)12-14)21-11-15-13-23-16-6-4-5-7-17(16)24-15;/h4-7,14-15H,3,8-13H2,1-2H3,(H2,19,20,21);1H. The van der Waals surface area contributed by atoms with Gasteiger partial charge in [0.25, 0.3) is 0 Å². The van der Waals surface area contributed by atoms with Crippen LogP contribution in [0.2, 0.25) is 0 Å². The molecule has 2 heterocycles. The highest BCUT2D eigenvalue weighted by atomic mass is 127. The molecule has 7 heteroatoms. The van der Waals surface area contributed by atoms with Crippen molar-refractivity contribution in [1.29, 1.82) is 0 Å². The van der Waals surface area contributed by atoms with Gasteiger partial charge in [0.1, 0.15) is 12.7 Å². The third kappa shape index (κ3) is 5.91. The van der Waals surface area contributed by atoms with Crippen LogP contribution in [0.5, 0.6) is 11.5 Å². The van der Waals surface area contributed by atoms with Crippen molar-refractivity contribution in [2.45, 2.75) is 19.4 Å². The summed E-state index contributed by atoms with van der Waals surface area (Å²) < 4.78 is 11.7. The molecule has 0 aromatic heterocycles. The van der Waals surface area contributed by atoms with E-state index in [2.05, 4.69) is 29.5 Å². The first kappa shape index (κ1) is 20.1. The molecule has 0 radical (unpaired) electrons. The monoisotopic (exact) mass is 460 g/mol. The molecule has 3 rings (SSSR count). The Kier molecular flexibility index (Phi) is 8.08. The predicted octanol–water partition coefficient (Wildman–Crippen LogP) is 1.95. The van der Waals surface area contributed by atoms with Gasteiger partial charge in [0.2, 0.25) is 0 Å². The summed E-state index contributed by atoms with van der Waals surface area (Å²) in [6.45, 7) is 7.33. The lowest BCUT2D eigenvalue weighted by molar-refractivity contribution is 0.0936. The van der Waals surface area contributed by atoms with Crippen LogP contribution in [-0.4, -0.2) is 63.3 Å². The van der Waals surface area contributed by atoms with Crippen molar-refractivity contribution in [3.63, 3.8) is 0 Å². The van der Waals surface area contributed by atoms with Crippen LogP contribution in [0.25, 0.3) is 0 Å². The van der Waals surface area contributed by atoms with E-state index in [1.165, 1.54) is 13.0 Å². The zero-order chi connectivity index (χ0) is 16.8. The largest absolute Gasteiger partial charge is 0.486 e. The Labute approximate surface area is 167 Å². The first-order valence-corrected chi connectivity index (χ1v) is 8.83. The van der Waals surface area contributed by atoms with Crippen LogP contribution in [0.15, 0.2) is 29.3 Å². The molecule has 1 fully saturated rings. The van der Waals surface area contributed by atoms with Crippen LogP contribution in [0.3, 0.4) is 0 Å². The number of fused-ring (bicyclic) bond motifs is 1. The maximum absolute atomic E-state index is 5.98. The van der Waals surface area contributed by atoms with Crippen LogP contribution < -0.4 is 20.1 Å². The number of para-hydroxylation sites is 2. The van der Waals surface area contributed by atoms with Crippen molar-refractivity contribution >= 4 is 29.9 Å². The van der Waals surface area contributed by atoms with Crippen molar-refractivity contribution in [1.82, 2.24) is 15.5 Å². The number of nitrogens with zero attached hydrogens (tertiary/aromatic N) is 2. The van der Waals surface area contributed by atoms with Gasteiger partial charge in [0.15, 0.2) is 17.5 Å². The number of likely N-dealkylation sites (tertiary alicyclic amines) is 1. The van der Waals surface area contributed by atoms with Gasteiger partial charge in [-0.3, -0.25) is 4.99 Å². The molecule has 2 aliphatic heterocycles. The first-order valence-electron chi connectivity index (χ1n) is 8.83. The van der Waals surface area contributed by atoms with E-state index in [-0.39, 0.29) is 30.1 Å². The highest BCUT2D eigenvalue weighted by molar-refractivity contribution is 14.0. The Morgan fingerprint density at radius 2 is 2.08 bits per heavy atom. The topological polar surface area (TPSA) is 58.1 Å². The van der Waals surface area contributed by atoms with Gasteiger partial charge in [-0.05, 0) is 45.0 Å². The van der Waals surface area contributed by atoms with Gasteiger partial charge in [0, 0.05) is 19.6 Å². The summed E-state index contributed by atoms with van der Waals surface area (Å²) in [5, 5.41) is 6.68. The maximum atomic E-state index is 5.98. The lowest BCUT2D eigenvalue weighted by Crippen LogP contribution is -2.45. The molecule has 0 spiro atoms. The third-order valence-corrected chi connectivity index (χ3v) is 4.41. The zero-order valence-corrected chi connectivity index (χ0v) is 17.4. The number of guanidine groups is 1. The Morgan fingerprint density at radius 3 is 2.80 bits per heavy atom. The number of hydrogen-bond donors (Lipinski definition) is 2. The molecule has 1 aromatic carbocycles. The van der Waals surface area contributed by atoms with E-state index in [1.807, 2.05) is 24.3 Å². The number of ether oxygens (including phenoxy) is 2. The van der Waals surface area contributed by atoms with Crippen LogP contribution in [0.1, 0.15) is 13.3 Å². The SMILES string of the molecule is CCNC(=NCC1CCN(C)C1)NCC1COc2ccccc2O1.I. The summed E-state index contributed by atoms with van der Waals surface area (Å²) in [4.78, 5) is 7.10. The van der Waals surface area contributed by atoms with Crippen LogP contribution in [0.4, 0.5) is 0 Å². The fourth-order valence-electron chi connectivity index (χ4n) is 3.11. The second-order valence-corrected chi connectivity index (χ2v) is 6.52. The van der Waals surface area contributed by atoms with E-state index in [4.69, 9.17) is 14.5 Å². The van der Waals surface area contributed by atoms with Crippen LogP contribution in [0, 0.1) is 5.92 Å². The van der Waals surface area contributed by atoms with Gasteiger partial charge >= 0.3 is 0 Å². The molecule has 2 aliphatic rings. The molecule has 6 nitrogen and oxygen atoms in total. The normalized spacial score (nSPS) is 23.0. The second-order valence-electron chi connectivity index (χ2n) is 6.52. The lowest BCUT2D eigenvalue weighted by atomic mass is 10.1. The molecule has 0 bridgehead atoms. The number of aliphatic imine (C=N–C) groups is 1. The summed E-state index contributed by atoms with van der Waals surface area (Å²) in [7, 11) is 2.17. The quantitative estimate of drug-likeness (QED) is 0.400. The molecular weight excluding hydrogens is 431 g/mol. The van der Waals surface area contributed by atoms with E-state index in [0.717, 1.165) is 37.1 Å². The number of rotatable bonds is 5. The molecule has 140 valence electrons. The van der Waals surface area contributed by atoms with Crippen LogP contribution >= 0.6 is 24.0 Å². The minimum absolute atomic E-state index is 0. The highest BCUT2D eigenvalue weighted by Gasteiger charge is 2.21. The highest BCUT2D eigenvalue weighted by Crippen LogP contribution is 2.30. The number of nitrogens with one attached hydrogen (secondary N) is 2. The fourth-order valence-corrected chi connectivity index (χ4v) is 3.11. The molecule has 1 saturated heterocycles. The fraction of sp³-hybridized carbons (Fsp3) is 0.611. The van der Waals surface area contributed by atoms with E-state index >= 15 is 0 Å². The Bertz CT molecular complexity index is 570. The molecule has 25 heavy (non-hydrogen) atoms. The molecule has 2 unspecified atom stereocenters. The summed E-state index contributed by atoms with van der Waals surface area (Å²) in [5.41, 5.74) is 0. The molecule has 0 saturated carbocycles. The Morgan fingerprint density at radius 1 is 1.28 bits per heavy atom. The van der Waals surface area contributed by atoms with Crippen molar-refractivity contribution in [3.05, 3.63) is 24.3 Å². The molecule has 1 aromatic rings. The Balaban J connectivity index is 0.00000225. The third-order valence-electron chi connectivity index (χ3n) is 4.41. The van der Waals surface area contributed by atoms with Crippen LogP contribution in [-0.2, 0) is 0 Å². The van der Waals surface area contributed by atoms with E-state index < -0.39 is 0 Å². The van der Waals surface area contributed by atoms with Gasteiger partial charge in [-0.15, -0.1) is 24.0 Å². The van der Waals surface area contributed by atoms with Crippen molar-refractivity contribution < 1.29 is 9.47 Å². The van der Waals surface area contributed by atoms with Gasteiger partial charge in [-0.2, -0.15) is 0 Å². The molecule has 2 N–H and O–H groups in total. The molecule has 2 atom stereocenters. The summed E-state index contributed by atoms with van der Waals surface area (Å²) in [6, 6.07) is 7.79. The van der Waals surface area contributed by atoms with Gasteiger partial charge < -0.3 is 25.0 Å². The molecule has 0 amide bonds. The van der Waals surface area contributed by atoms with E-state index in [9.17, 15) is 0 Å². The van der Waals surface area contributed by atoms with Crippen molar-refractivity contribution in [2.24, 2.45) is 10.9 Å². The number of benzene rings is 1. The summed E-state index contributed by atoms with van der Waals surface area (Å²) >= 11 is 0. The molecular formula is C18H29IN4O2. The average Bonchev–Trinajstić information content (AvgIpc) is 3.02. The van der Waals surface area contributed by atoms with Crippen molar-refractivity contribution in [3.8, 4) is 11.5 Å². The summed E-state index contributed by atoms with van der Waals surface area (Å²) in [5.74, 6) is 3.15. The Hall–Kier alpha value is -1.22. The van der Waals surface area contributed by atoms with Gasteiger partial charge in [-0.1, -0.05) is 12.1 Å². The molecule has 0 aliphatic carbocycles. The minimum atomic E-state index is -0.0126. The maximum Gasteiger partial charge on any atom is 0.191 e. The van der Waals surface area contributed by atoms with Gasteiger partial charge in [-0.25, -0.2) is 0 Å². The number of hydrogen-bond acceptors (Lipinski definition) is 4. The van der Waals surface area contributed by atoms with E-state index in [0.29, 0.717) is 19.1 Å². The van der Waals surface area contributed by atoms with E-state index in [1.54, 1.807) is 0 Å². The van der Waals surface area contributed by atoms with Crippen molar-refractivity contribution in [2.75, 3.05) is 46.4 Å². The zero-order valence-electron chi connectivity index (χ0n) is 15.0. The lowest BCUT2D eigenvalue weighted by Gasteiger charge is -2.27.